The Hall–Kier alpha value is -2.07. The van der Waals surface area contributed by atoms with Crippen molar-refractivity contribution >= 4 is 16.7 Å². The van der Waals surface area contributed by atoms with E-state index in [1.54, 1.807) is 0 Å². The Labute approximate surface area is 118 Å². The van der Waals surface area contributed by atoms with Gasteiger partial charge in [0.1, 0.15) is 5.75 Å². The van der Waals surface area contributed by atoms with Crippen LogP contribution in [-0.4, -0.2) is 17.1 Å². The second-order valence-electron chi connectivity index (χ2n) is 5.18. The molecule has 4 heteroatoms. The molecule has 2 rings (SSSR count). The van der Waals surface area contributed by atoms with E-state index in [9.17, 15) is 9.90 Å². The number of primary amides is 1. The maximum absolute atomic E-state index is 10.9. The van der Waals surface area contributed by atoms with E-state index < -0.39 is 0 Å². The van der Waals surface area contributed by atoms with E-state index in [2.05, 4.69) is 5.32 Å². The molecule has 2 aromatic carbocycles. The first kappa shape index (κ1) is 14.3. The summed E-state index contributed by atoms with van der Waals surface area (Å²) in [5.74, 6) is -0.0469. The van der Waals surface area contributed by atoms with Crippen molar-refractivity contribution in [2.45, 2.75) is 32.4 Å². The molecule has 20 heavy (non-hydrogen) atoms. The smallest absolute Gasteiger partial charge is 0.218 e. The number of aromatic hydroxyl groups is 1. The van der Waals surface area contributed by atoms with Crippen molar-refractivity contribution in [3.8, 4) is 5.75 Å². The molecule has 2 atom stereocenters. The summed E-state index contributed by atoms with van der Waals surface area (Å²) in [6, 6.07) is 11.5. The number of carbonyl (C=O) groups excluding carboxylic acids is 1. The minimum Gasteiger partial charge on any atom is -0.507 e. The number of phenolic OH excluding ortho intramolecular Hbond substituents is 1. The van der Waals surface area contributed by atoms with E-state index in [1.165, 1.54) is 0 Å². The molecule has 0 aliphatic carbocycles. The van der Waals surface area contributed by atoms with Gasteiger partial charge in [-0.05, 0) is 19.2 Å². The van der Waals surface area contributed by atoms with Crippen molar-refractivity contribution in [3.63, 3.8) is 0 Å². The van der Waals surface area contributed by atoms with Crippen molar-refractivity contribution in [3.05, 3.63) is 42.0 Å². The maximum Gasteiger partial charge on any atom is 0.218 e. The van der Waals surface area contributed by atoms with Crippen LogP contribution in [0.25, 0.3) is 10.8 Å². The first-order valence-corrected chi connectivity index (χ1v) is 6.74. The van der Waals surface area contributed by atoms with Gasteiger partial charge in [0, 0.05) is 29.5 Å². The summed E-state index contributed by atoms with van der Waals surface area (Å²) >= 11 is 0. The lowest BCUT2D eigenvalue weighted by molar-refractivity contribution is -0.118. The van der Waals surface area contributed by atoms with Gasteiger partial charge in [0.05, 0.1) is 0 Å². The molecule has 4 N–H and O–H groups in total. The molecule has 0 fully saturated rings. The highest BCUT2D eigenvalue weighted by molar-refractivity contribution is 5.89. The predicted octanol–water partition coefficient (Wildman–Crippen LogP) is 2.46. The lowest BCUT2D eigenvalue weighted by atomic mass is 10.0. The Morgan fingerprint density at radius 3 is 2.65 bits per heavy atom. The summed E-state index contributed by atoms with van der Waals surface area (Å²) in [5.41, 5.74) is 6.00. The number of phenols is 1. The molecule has 106 valence electrons. The van der Waals surface area contributed by atoms with Crippen LogP contribution in [0.5, 0.6) is 5.75 Å². The van der Waals surface area contributed by atoms with Gasteiger partial charge in [0.25, 0.3) is 0 Å². The maximum atomic E-state index is 10.9. The minimum atomic E-state index is -0.333. The van der Waals surface area contributed by atoms with Crippen molar-refractivity contribution in [1.82, 2.24) is 5.32 Å². The van der Waals surface area contributed by atoms with E-state index >= 15 is 0 Å². The van der Waals surface area contributed by atoms with Crippen LogP contribution in [0.3, 0.4) is 0 Å². The normalized spacial score (nSPS) is 14.1. The SMILES string of the molecule is CC(CC(N)=O)NC(C)c1ccc2ccccc2c1O. The molecule has 0 aliphatic heterocycles. The number of amides is 1. The molecule has 2 aromatic rings. The minimum absolute atomic E-state index is 0.0339. The molecular weight excluding hydrogens is 252 g/mol. The Bertz CT molecular complexity index is 625. The number of nitrogens with one attached hydrogen (secondary N) is 1. The van der Waals surface area contributed by atoms with Gasteiger partial charge in [-0.15, -0.1) is 0 Å². The molecular formula is C16H20N2O2. The zero-order chi connectivity index (χ0) is 14.7. The number of hydrogen-bond acceptors (Lipinski definition) is 3. The average Bonchev–Trinajstić information content (AvgIpc) is 2.38. The van der Waals surface area contributed by atoms with Crippen molar-refractivity contribution < 1.29 is 9.90 Å². The number of carbonyl (C=O) groups is 1. The van der Waals surface area contributed by atoms with E-state index in [0.29, 0.717) is 0 Å². The van der Waals surface area contributed by atoms with Gasteiger partial charge in [0.15, 0.2) is 0 Å². The van der Waals surface area contributed by atoms with Crippen molar-refractivity contribution in [2.24, 2.45) is 5.73 Å². The number of fused-ring (bicyclic) bond motifs is 1. The zero-order valence-corrected chi connectivity index (χ0v) is 11.8. The standard InChI is InChI=1S/C16H20N2O2/c1-10(9-15(17)19)18-11(2)13-8-7-12-5-3-4-6-14(12)16(13)20/h3-8,10-11,18,20H,9H2,1-2H3,(H2,17,19). The zero-order valence-electron chi connectivity index (χ0n) is 11.8. The first-order chi connectivity index (χ1) is 9.49. The Kier molecular flexibility index (Phi) is 4.25. The number of benzene rings is 2. The van der Waals surface area contributed by atoms with Crippen LogP contribution in [0.1, 0.15) is 31.9 Å². The number of hydrogen-bond donors (Lipinski definition) is 3. The Balaban J connectivity index is 2.24. The molecule has 0 aromatic heterocycles. The van der Waals surface area contributed by atoms with Crippen LogP contribution in [0.2, 0.25) is 0 Å². The first-order valence-electron chi connectivity index (χ1n) is 6.74. The largest absolute Gasteiger partial charge is 0.507 e. The monoisotopic (exact) mass is 272 g/mol. The van der Waals surface area contributed by atoms with Gasteiger partial charge in [-0.3, -0.25) is 4.79 Å². The van der Waals surface area contributed by atoms with Gasteiger partial charge in [0.2, 0.25) is 5.91 Å². The molecule has 0 saturated carbocycles. The topological polar surface area (TPSA) is 75.4 Å². The average molecular weight is 272 g/mol. The van der Waals surface area contributed by atoms with Gasteiger partial charge >= 0.3 is 0 Å². The highest BCUT2D eigenvalue weighted by atomic mass is 16.3. The third-order valence-corrected chi connectivity index (χ3v) is 3.44. The van der Waals surface area contributed by atoms with Crippen LogP contribution in [-0.2, 0) is 4.79 Å². The van der Waals surface area contributed by atoms with Crippen molar-refractivity contribution in [1.29, 1.82) is 0 Å². The second kappa shape index (κ2) is 5.92. The fourth-order valence-corrected chi connectivity index (χ4v) is 2.50. The number of nitrogens with two attached hydrogens (primary N) is 1. The van der Waals surface area contributed by atoms with E-state index in [0.717, 1.165) is 16.3 Å². The Morgan fingerprint density at radius 2 is 1.95 bits per heavy atom. The van der Waals surface area contributed by atoms with Gasteiger partial charge in [-0.2, -0.15) is 0 Å². The lowest BCUT2D eigenvalue weighted by Gasteiger charge is -2.21. The van der Waals surface area contributed by atoms with Gasteiger partial charge in [-0.25, -0.2) is 0 Å². The third-order valence-electron chi connectivity index (χ3n) is 3.44. The fourth-order valence-electron chi connectivity index (χ4n) is 2.50. The van der Waals surface area contributed by atoms with Crippen LogP contribution < -0.4 is 11.1 Å². The van der Waals surface area contributed by atoms with Gasteiger partial charge in [-0.1, -0.05) is 36.4 Å². The molecule has 0 saturated heterocycles. The molecule has 0 spiro atoms. The quantitative estimate of drug-likeness (QED) is 0.782. The molecule has 0 aliphatic rings. The molecule has 2 unspecified atom stereocenters. The van der Waals surface area contributed by atoms with Crippen LogP contribution in [0.15, 0.2) is 36.4 Å². The highest BCUT2D eigenvalue weighted by Gasteiger charge is 2.15. The molecule has 0 radical (unpaired) electrons. The van der Waals surface area contributed by atoms with Crippen LogP contribution >= 0.6 is 0 Å². The van der Waals surface area contributed by atoms with Crippen molar-refractivity contribution in [2.75, 3.05) is 0 Å². The van der Waals surface area contributed by atoms with Crippen LogP contribution in [0.4, 0.5) is 0 Å². The molecule has 4 nitrogen and oxygen atoms in total. The molecule has 0 bridgehead atoms. The predicted molar refractivity (Wildman–Crippen MR) is 80.4 cm³/mol. The summed E-state index contributed by atoms with van der Waals surface area (Å²) < 4.78 is 0. The summed E-state index contributed by atoms with van der Waals surface area (Å²) in [7, 11) is 0. The van der Waals surface area contributed by atoms with E-state index in [1.807, 2.05) is 50.2 Å². The molecule has 1 amide bonds. The summed E-state index contributed by atoms with van der Waals surface area (Å²) in [6.07, 6.45) is 0.276. The third kappa shape index (κ3) is 3.08. The molecule has 0 heterocycles. The van der Waals surface area contributed by atoms with Gasteiger partial charge < -0.3 is 16.2 Å². The van der Waals surface area contributed by atoms with Crippen LogP contribution in [0, 0.1) is 0 Å². The van der Waals surface area contributed by atoms with E-state index in [-0.39, 0.29) is 30.2 Å². The second-order valence-corrected chi connectivity index (χ2v) is 5.18. The lowest BCUT2D eigenvalue weighted by Crippen LogP contribution is -2.32. The summed E-state index contributed by atoms with van der Waals surface area (Å²) in [5, 5.41) is 15.5. The Morgan fingerprint density at radius 1 is 1.25 bits per heavy atom. The van der Waals surface area contributed by atoms with E-state index in [4.69, 9.17) is 5.73 Å². The fraction of sp³-hybridized carbons (Fsp3) is 0.312. The highest BCUT2D eigenvalue weighted by Crippen LogP contribution is 2.32. The summed E-state index contributed by atoms with van der Waals surface area (Å²) in [4.78, 5) is 10.9. The number of rotatable bonds is 5. The summed E-state index contributed by atoms with van der Waals surface area (Å²) in [6.45, 7) is 3.86.